The first-order valence-electron chi connectivity index (χ1n) is 2.99. The molecule has 0 fully saturated rings. The van der Waals surface area contributed by atoms with Crippen LogP contribution in [0.5, 0.6) is 0 Å². The molecule has 0 heterocycles. The molecule has 0 saturated heterocycles. The molecule has 0 spiro atoms. The van der Waals surface area contributed by atoms with Crippen LogP contribution in [0.25, 0.3) is 0 Å². The van der Waals surface area contributed by atoms with Crippen molar-refractivity contribution in [1.82, 2.24) is 0 Å². The van der Waals surface area contributed by atoms with Crippen molar-refractivity contribution in [1.29, 1.82) is 0 Å². The molecule has 10 heavy (non-hydrogen) atoms. The van der Waals surface area contributed by atoms with Crippen LogP contribution in [0.4, 0.5) is 0 Å². The molecule has 51 valence electrons. The van der Waals surface area contributed by atoms with E-state index in [1.165, 1.54) is 0 Å². The van der Waals surface area contributed by atoms with Crippen molar-refractivity contribution < 1.29 is 10.0 Å². The van der Waals surface area contributed by atoms with Gasteiger partial charge in [-0.25, -0.2) is 0 Å². The third-order valence-electron chi connectivity index (χ3n) is 1.33. The summed E-state index contributed by atoms with van der Waals surface area (Å²) in [6.07, 6.45) is 0. The second-order valence-electron chi connectivity index (χ2n) is 2.07. The smallest absolute Gasteiger partial charge is 0.423 e. The third kappa shape index (κ3) is 1.37. The van der Waals surface area contributed by atoms with Crippen molar-refractivity contribution in [2.45, 2.75) is 0 Å². The summed E-state index contributed by atoms with van der Waals surface area (Å²) in [6.45, 7) is 3.62. The molecule has 0 aliphatic heterocycles. The highest BCUT2D eigenvalue weighted by molar-refractivity contribution is 6.59. The largest absolute Gasteiger partial charge is 0.488 e. The number of hydrogen-bond acceptors (Lipinski definition) is 2. The van der Waals surface area contributed by atoms with Crippen LogP contribution in [0.3, 0.4) is 0 Å². The standard InChI is InChI=1S/C7H8BO2/c1-6-4-2-3-5-7(6)8(9)10/h2-5,9-10H,1H2. The molecular formula is C7H8BO2. The van der Waals surface area contributed by atoms with E-state index in [0.29, 0.717) is 11.0 Å². The molecule has 0 unspecified atom stereocenters. The first-order valence-corrected chi connectivity index (χ1v) is 2.99. The van der Waals surface area contributed by atoms with E-state index in [-0.39, 0.29) is 0 Å². The Balaban J connectivity index is 3.03. The quantitative estimate of drug-likeness (QED) is 0.512. The van der Waals surface area contributed by atoms with Gasteiger partial charge in [-0.15, -0.1) is 0 Å². The Labute approximate surface area is 60.3 Å². The van der Waals surface area contributed by atoms with Crippen molar-refractivity contribution in [2.24, 2.45) is 0 Å². The molecule has 3 heteroatoms. The second-order valence-corrected chi connectivity index (χ2v) is 2.07. The van der Waals surface area contributed by atoms with Gasteiger partial charge in [-0.05, 0) is 17.9 Å². The Morgan fingerprint density at radius 3 is 2.20 bits per heavy atom. The lowest BCUT2D eigenvalue weighted by Crippen LogP contribution is -2.31. The van der Waals surface area contributed by atoms with Crippen molar-refractivity contribution in [3.8, 4) is 0 Å². The number of hydrogen-bond donors (Lipinski definition) is 2. The van der Waals surface area contributed by atoms with E-state index < -0.39 is 7.12 Å². The number of rotatable bonds is 1. The molecule has 0 aliphatic rings. The van der Waals surface area contributed by atoms with E-state index in [1.807, 2.05) is 0 Å². The van der Waals surface area contributed by atoms with Crippen molar-refractivity contribution in [2.75, 3.05) is 0 Å². The van der Waals surface area contributed by atoms with E-state index in [4.69, 9.17) is 10.0 Å². The van der Waals surface area contributed by atoms with Crippen LogP contribution in [0.1, 0.15) is 5.56 Å². The Bertz CT molecular complexity index is 223. The molecule has 0 saturated carbocycles. The van der Waals surface area contributed by atoms with Gasteiger partial charge in [0.2, 0.25) is 0 Å². The summed E-state index contributed by atoms with van der Waals surface area (Å²) in [4.78, 5) is 0. The van der Waals surface area contributed by atoms with Crippen LogP contribution < -0.4 is 5.46 Å². The summed E-state index contributed by atoms with van der Waals surface area (Å²) in [5.74, 6) is 0. The Morgan fingerprint density at radius 2 is 1.80 bits per heavy atom. The average molecular weight is 135 g/mol. The lowest BCUT2D eigenvalue weighted by atomic mass is 9.77. The van der Waals surface area contributed by atoms with Crippen molar-refractivity contribution in [3.05, 3.63) is 36.8 Å². The van der Waals surface area contributed by atoms with E-state index in [1.54, 1.807) is 24.3 Å². The maximum Gasteiger partial charge on any atom is 0.488 e. The molecule has 1 rings (SSSR count). The zero-order chi connectivity index (χ0) is 7.56. The highest BCUT2D eigenvalue weighted by atomic mass is 16.4. The van der Waals surface area contributed by atoms with E-state index in [0.717, 1.165) is 0 Å². The van der Waals surface area contributed by atoms with E-state index >= 15 is 0 Å². The van der Waals surface area contributed by atoms with Crippen molar-refractivity contribution >= 4 is 12.6 Å². The first kappa shape index (κ1) is 7.31. The van der Waals surface area contributed by atoms with Crippen molar-refractivity contribution in [3.63, 3.8) is 0 Å². The average Bonchev–Trinajstić information content (AvgIpc) is 1.88. The molecule has 1 aromatic carbocycles. The van der Waals surface area contributed by atoms with Crippen LogP contribution in [0.2, 0.25) is 0 Å². The maximum absolute atomic E-state index is 8.72. The summed E-state index contributed by atoms with van der Waals surface area (Å²) in [5, 5.41) is 17.4. The Kier molecular flexibility index (Phi) is 2.09. The van der Waals surface area contributed by atoms with E-state index in [2.05, 4.69) is 6.92 Å². The van der Waals surface area contributed by atoms with Gasteiger partial charge in [0, 0.05) is 0 Å². The molecule has 0 bridgehead atoms. The minimum atomic E-state index is -1.41. The fourth-order valence-electron chi connectivity index (χ4n) is 0.786. The molecule has 2 nitrogen and oxygen atoms in total. The zero-order valence-corrected chi connectivity index (χ0v) is 5.49. The summed E-state index contributed by atoms with van der Waals surface area (Å²) in [6, 6.07) is 6.90. The number of benzene rings is 1. The summed E-state index contributed by atoms with van der Waals surface area (Å²) in [7, 11) is -1.41. The fourth-order valence-corrected chi connectivity index (χ4v) is 0.786. The van der Waals surface area contributed by atoms with Crippen LogP contribution in [0, 0.1) is 6.92 Å². The maximum atomic E-state index is 8.72. The third-order valence-corrected chi connectivity index (χ3v) is 1.33. The van der Waals surface area contributed by atoms with Crippen LogP contribution in [-0.4, -0.2) is 17.2 Å². The molecule has 0 aliphatic carbocycles. The van der Waals surface area contributed by atoms with Gasteiger partial charge in [-0.3, -0.25) is 0 Å². The van der Waals surface area contributed by atoms with Gasteiger partial charge in [0.1, 0.15) is 0 Å². The highest BCUT2D eigenvalue weighted by Crippen LogP contribution is 1.92. The Hall–Kier alpha value is -0.795. The van der Waals surface area contributed by atoms with Gasteiger partial charge >= 0.3 is 7.12 Å². The second kappa shape index (κ2) is 2.86. The SMILES string of the molecule is [CH2]c1ccccc1B(O)O. The normalized spacial score (nSPS) is 9.50. The molecular weight excluding hydrogens is 127 g/mol. The lowest BCUT2D eigenvalue weighted by molar-refractivity contribution is 0.425. The fraction of sp³-hybridized carbons (Fsp3) is 0. The summed E-state index contributed by atoms with van der Waals surface area (Å²) >= 11 is 0. The topological polar surface area (TPSA) is 40.5 Å². The van der Waals surface area contributed by atoms with Gasteiger partial charge in [-0.2, -0.15) is 0 Å². The zero-order valence-electron chi connectivity index (χ0n) is 5.49. The monoisotopic (exact) mass is 135 g/mol. The van der Waals surface area contributed by atoms with Gasteiger partial charge in [0.15, 0.2) is 0 Å². The van der Waals surface area contributed by atoms with Gasteiger partial charge in [-0.1, -0.05) is 24.3 Å². The van der Waals surface area contributed by atoms with Crippen LogP contribution in [0.15, 0.2) is 24.3 Å². The summed E-state index contributed by atoms with van der Waals surface area (Å²) in [5.41, 5.74) is 1.11. The van der Waals surface area contributed by atoms with Crippen LogP contribution in [-0.2, 0) is 0 Å². The summed E-state index contributed by atoms with van der Waals surface area (Å²) < 4.78 is 0. The molecule has 2 N–H and O–H groups in total. The molecule has 0 atom stereocenters. The van der Waals surface area contributed by atoms with Gasteiger partial charge in [0.25, 0.3) is 0 Å². The predicted molar refractivity (Wildman–Crippen MR) is 40.7 cm³/mol. The van der Waals surface area contributed by atoms with Gasteiger partial charge < -0.3 is 10.0 Å². The minimum Gasteiger partial charge on any atom is -0.423 e. The Morgan fingerprint density at radius 1 is 1.20 bits per heavy atom. The minimum absolute atomic E-state index is 0.461. The van der Waals surface area contributed by atoms with E-state index in [9.17, 15) is 0 Å². The first-order chi connectivity index (χ1) is 4.72. The molecule has 0 aromatic heterocycles. The lowest BCUT2D eigenvalue weighted by Gasteiger charge is -2.01. The molecule has 1 radical (unpaired) electrons. The van der Waals surface area contributed by atoms with Gasteiger partial charge in [0.05, 0.1) is 0 Å². The predicted octanol–water partition coefficient (Wildman–Crippen LogP) is -0.451. The molecule has 1 aromatic rings. The van der Waals surface area contributed by atoms with Crippen LogP contribution >= 0.6 is 0 Å². The molecule has 0 amide bonds. The highest BCUT2D eigenvalue weighted by Gasteiger charge is 2.11.